The molecule has 9 heteroatoms. The SMILES string of the molecule is C=CCN(CCO)S(=O)(=O)c1ccc(Cl)cc1[N+](=O)[O-]. The van der Waals surface area contributed by atoms with E-state index in [2.05, 4.69) is 6.58 Å². The Labute approximate surface area is 121 Å². The van der Waals surface area contributed by atoms with Crippen LogP contribution in [0.1, 0.15) is 0 Å². The van der Waals surface area contributed by atoms with Gasteiger partial charge in [0.1, 0.15) is 0 Å². The molecule has 0 atom stereocenters. The number of halogens is 1. The number of hydrogen-bond acceptors (Lipinski definition) is 5. The molecule has 0 unspecified atom stereocenters. The van der Waals surface area contributed by atoms with Crippen LogP contribution in [0.4, 0.5) is 5.69 Å². The maximum Gasteiger partial charge on any atom is 0.290 e. The molecule has 0 radical (unpaired) electrons. The molecular formula is C11H13ClN2O5S. The van der Waals surface area contributed by atoms with Gasteiger partial charge in [-0.25, -0.2) is 8.42 Å². The Morgan fingerprint density at radius 3 is 2.65 bits per heavy atom. The summed E-state index contributed by atoms with van der Waals surface area (Å²) < 4.78 is 25.6. The highest BCUT2D eigenvalue weighted by molar-refractivity contribution is 7.89. The number of sulfonamides is 1. The first-order chi connectivity index (χ1) is 9.34. The number of rotatable bonds is 7. The van der Waals surface area contributed by atoms with Crippen LogP contribution in [0.3, 0.4) is 0 Å². The second kappa shape index (κ2) is 6.80. The third kappa shape index (κ3) is 3.54. The quantitative estimate of drug-likeness (QED) is 0.465. The maximum atomic E-state index is 12.4. The monoisotopic (exact) mass is 320 g/mol. The molecule has 1 N–H and O–H groups in total. The van der Waals surface area contributed by atoms with Gasteiger partial charge in [0.2, 0.25) is 10.0 Å². The van der Waals surface area contributed by atoms with Gasteiger partial charge < -0.3 is 5.11 Å². The summed E-state index contributed by atoms with van der Waals surface area (Å²) in [6.45, 7) is 2.76. The number of nitro benzene ring substituents is 1. The lowest BCUT2D eigenvalue weighted by Gasteiger charge is -2.19. The summed E-state index contributed by atoms with van der Waals surface area (Å²) in [6.07, 6.45) is 1.33. The largest absolute Gasteiger partial charge is 0.395 e. The molecule has 7 nitrogen and oxygen atoms in total. The highest BCUT2D eigenvalue weighted by atomic mass is 35.5. The first kappa shape index (κ1) is 16.6. The lowest BCUT2D eigenvalue weighted by atomic mass is 10.3. The summed E-state index contributed by atoms with van der Waals surface area (Å²) in [5.74, 6) is 0. The van der Waals surface area contributed by atoms with E-state index in [1.54, 1.807) is 0 Å². The van der Waals surface area contributed by atoms with Gasteiger partial charge in [-0.2, -0.15) is 4.31 Å². The van der Waals surface area contributed by atoms with Crippen LogP contribution in [-0.4, -0.2) is 42.4 Å². The molecule has 0 saturated carbocycles. The fourth-order valence-corrected chi connectivity index (χ4v) is 3.26. The minimum absolute atomic E-state index is 0.0630. The molecule has 0 fully saturated rings. The predicted molar refractivity (Wildman–Crippen MR) is 74.1 cm³/mol. The predicted octanol–water partition coefficient (Wildman–Crippen LogP) is 1.42. The van der Waals surface area contributed by atoms with E-state index in [9.17, 15) is 18.5 Å². The standard InChI is InChI=1S/C11H13ClN2O5S/c1-2-5-13(6-7-15)20(18,19)11-4-3-9(12)8-10(11)14(16)17/h2-4,8,15H,1,5-7H2. The summed E-state index contributed by atoms with van der Waals surface area (Å²) in [5.41, 5.74) is -0.607. The van der Waals surface area contributed by atoms with E-state index in [0.29, 0.717) is 0 Å². The van der Waals surface area contributed by atoms with Crippen molar-refractivity contribution in [2.24, 2.45) is 0 Å². The number of aliphatic hydroxyl groups excluding tert-OH is 1. The summed E-state index contributed by atoms with van der Waals surface area (Å²) >= 11 is 5.64. The average molecular weight is 321 g/mol. The third-order valence-corrected chi connectivity index (χ3v) is 4.57. The number of hydrogen-bond donors (Lipinski definition) is 1. The number of aliphatic hydroxyl groups is 1. The molecule has 0 aliphatic heterocycles. The molecule has 1 rings (SSSR count). The number of benzene rings is 1. The van der Waals surface area contributed by atoms with E-state index in [0.717, 1.165) is 16.4 Å². The zero-order chi connectivity index (χ0) is 15.3. The Bertz CT molecular complexity index is 617. The second-order valence-electron chi connectivity index (χ2n) is 3.74. The Hall–Kier alpha value is -1.48. The van der Waals surface area contributed by atoms with Gasteiger partial charge in [-0.05, 0) is 12.1 Å². The van der Waals surface area contributed by atoms with E-state index in [1.807, 2.05) is 0 Å². The molecule has 1 aromatic carbocycles. The van der Waals surface area contributed by atoms with E-state index in [1.165, 1.54) is 12.1 Å². The van der Waals surface area contributed by atoms with Crippen LogP contribution in [0, 0.1) is 10.1 Å². The van der Waals surface area contributed by atoms with Crippen LogP contribution < -0.4 is 0 Å². The first-order valence-corrected chi connectivity index (χ1v) is 7.32. The van der Waals surface area contributed by atoms with Gasteiger partial charge in [0, 0.05) is 24.2 Å². The molecule has 0 bridgehead atoms. The van der Waals surface area contributed by atoms with Gasteiger partial charge in [-0.3, -0.25) is 10.1 Å². The summed E-state index contributed by atoms with van der Waals surface area (Å²) in [5, 5.41) is 19.9. The van der Waals surface area contributed by atoms with E-state index >= 15 is 0 Å². The summed E-state index contributed by atoms with van der Waals surface area (Å²) in [4.78, 5) is 9.67. The zero-order valence-electron chi connectivity index (χ0n) is 10.4. The molecule has 0 saturated heterocycles. The van der Waals surface area contributed by atoms with Crippen molar-refractivity contribution in [2.45, 2.75) is 4.90 Å². The van der Waals surface area contributed by atoms with Crippen LogP contribution >= 0.6 is 11.6 Å². The van der Waals surface area contributed by atoms with Crippen molar-refractivity contribution < 1.29 is 18.4 Å². The molecule has 0 amide bonds. The maximum absolute atomic E-state index is 12.4. The molecule has 0 spiro atoms. The zero-order valence-corrected chi connectivity index (χ0v) is 12.0. The molecular weight excluding hydrogens is 308 g/mol. The molecule has 0 aromatic heterocycles. The fourth-order valence-electron chi connectivity index (χ4n) is 1.56. The van der Waals surface area contributed by atoms with Gasteiger partial charge in [0.15, 0.2) is 4.90 Å². The van der Waals surface area contributed by atoms with Gasteiger partial charge >= 0.3 is 0 Å². The fraction of sp³-hybridized carbons (Fsp3) is 0.273. The molecule has 20 heavy (non-hydrogen) atoms. The van der Waals surface area contributed by atoms with Crippen molar-refractivity contribution in [3.05, 3.63) is 46.0 Å². The minimum Gasteiger partial charge on any atom is -0.395 e. The molecule has 110 valence electrons. The average Bonchev–Trinajstić information content (AvgIpc) is 2.38. The van der Waals surface area contributed by atoms with Crippen LogP contribution in [-0.2, 0) is 10.0 Å². The van der Waals surface area contributed by atoms with Crippen molar-refractivity contribution in [1.82, 2.24) is 4.31 Å². The van der Waals surface area contributed by atoms with E-state index in [4.69, 9.17) is 16.7 Å². The topological polar surface area (TPSA) is 101 Å². The highest BCUT2D eigenvalue weighted by Gasteiger charge is 2.30. The number of nitro groups is 1. The van der Waals surface area contributed by atoms with Gasteiger partial charge in [-0.1, -0.05) is 17.7 Å². The lowest BCUT2D eigenvalue weighted by molar-refractivity contribution is -0.387. The Morgan fingerprint density at radius 1 is 1.50 bits per heavy atom. The normalized spacial score (nSPS) is 11.6. The van der Waals surface area contributed by atoms with Crippen molar-refractivity contribution >= 4 is 27.3 Å². The van der Waals surface area contributed by atoms with Gasteiger partial charge in [0.25, 0.3) is 5.69 Å². The third-order valence-electron chi connectivity index (χ3n) is 2.42. The molecule has 0 heterocycles. The molecule has 0 aliphatic rings. The minimum atomic E-state index is -4.12. The molecule has 0 aliphatic carbocycles. The van der Waals surface area contributed by atoms with Gasteiger partial charge in [-0.15, -0.1) is 6.58 Å². The van der Waals surface area contributed by atoms with Crippen molar-refractivity contribution in [2.75, 3.05) is 19.7 Å². The van der Waals surface area contributed by atoms with E-state index < -0.39 is 32.1 Å². The Balaban J connectivity index is 3.40. The highest BCUT2D eigenvalue weighted by Crippen LogP contribution is 2.29. The van der Waals surface area contributed by atoms with Gasteiger partial charge in [0.05, 0.1) is 11.5 Å². The van der Waals surface area contributed by atoms with Crippen molar-refractivity contribution in [3.8, 4) is 0 Å². The Kier molecular flexibility index (Phi) is 5.63. The van der Waals surface area contributed by atoms with Crippen LogP contribution in [0.25, 0.3) is 0 Å². The van der Waals surface area contributed by atoms with Crippen LogP contribution in [0.5, 0.6) is 0 Å². The van der Waals surface area contributed by atoms with E-state index in [-0.39, 0.29) is 18.1 Å². The first-order valence-electron chi connectivity index (χ1n) is 5.50. The van der Waals surface area contributed by atoms with Crippen LogP contribution in [0.2, 0.25) is 5.02 Å². The number of nitrogens with zero attached hydrogens (tertiary/aromatic N) is 2. The van der Waals surface area contributed by atoms with Crippen molar-refractivity contribution in [3.63, 3.8) is 0 Å². The summed E-state index contributed by atoms with van der Waals surface area (Å²) in [7, 11) is -4.12. The lowest BCUT2D eigenvalue weighted by Crippen LogP contribution is -2.34. The summed E-state index contributed by atoms with van der Waals surface area (Å²) in [6, 6.07) is 3.30. The second-order valence-corrected chi connectivity index (χ2v) is 6.09. The van der Waals surface area contributed by atoms with Crippen molar-refractivity contribution in [1.29, 1.82) is 0 Å². The Morgan fingerprint density at radius 2 is 2.15 bits per heavy atom. The van der Waals surface area contributed by atoms with Crippen LogP contribution in [0.15, 0.2) is 35.7 Å². The smallest absolute Gasteiger partial charge is 0.290 e. The molecule has 1 aromatic rings.